The van der Waals surface area contributed by atoms with E-state index >= 15 is 0 Å². The lowest BCUT2D eigenvalue weighted by Gasteiger charge is -2.26. The van der Waals surface area contributed by atoms with Gasteiger partial charge >= 0.3 is 12.1 Å². The first kappa shape index (κ1) is 30.5. The molecule has 2 aromatic carbocycles. The molecule has 1 heterocycles. The third kappa shape index (κ3) is 6.37. The van der Waals surface area contributed by atoms with Crippen LogP contribution in [0.3, 0.4) is 0 Å². The second-order valence-electron chi connectivity index (χ2n) is 10.2. The average molecular weight is 564 g/mol. The highest BCUT2D eigenvalue weighted by atomic mass is 19.4. The Morgan fingerprint density at radius 2 is 1.75 bits per heavy atom. The van der Waals surface area contributed by atoms with E-state index in [4.69, 9.17) is 14.9 Å². The molecule has 0 bridgehead atoms. The number of rotatable bonds is 9. The van der Waals surface area contributed by atoms with Crippen molar-refractivity contribution < 1.29 is 41.8 Å². The van der Waals surface area contributed by atoms with E-state index < -0.39 is 24.2 Å². The van der Waals surface area contributed by atoms with Crippen molar-refractivity contribution in [2.24, 2.45) is 0 Å². The lowest BCUT2D eigenvalue weighted by atomic mass is 9.82. The first-order chi connectivity index (χ1) is 18.6. The number of halogens is 3. The zero-order valence-electron chi connectivity index (χ0n) is 23.2. The zero-order chi connectivity index (χ0) is 30.0. The molecular formula is C28H32F3N3O6. The zero-order valence-corrected chi connectivity index (χ0v) is 23.2. The molecule has 1 aliphatic heterocycles. The van der Waals surface area contributed by atoms with Crippen LogP contribution in [0.15, 0.2) is 24.3 Å². The maximum Gasteiger partial charge on any atom is 0.490 e. The third-order valence-electron chi connectivity index (χ3n) is 6.38. The summed E-state index contributed by atoms with van der Waals surface area (Å²) < 4.78 is 53.6. The molecule has 9 nitrogen and oxygen atoms in total. The van der Waals surface area contributed by atoms with Crippen molar-refractivity contribution >= 4 is 23.5 Å². The Labute approximate surface area is 230 Å². The quantitative estimate of drug-likeness (QED) is 0.343. The molecule has 0 spiro atoms. The molecule has 216 valence electrons. The fraction of sp³-hybridized carbons (Fsp3) is 0.429. The molecule has 0 aliphatic carbocycles. The van der Waals surface area contributed by atoms with Gasteiger partial charge < -0.3 is 24.4 Å². The molecule has 12 heteroatoms. The Balaban J connectivity index is 1.91. The van der Waals surface area contributed by atoms with Gasteiger partial charge in [0.15, 0.2) is 5.78 Å². The summed E-state index contributed by atoms with van der Waals surface area (Å²) >= 11 is 0. The number of alkyl halides is 3. The van der Waals surface area contributed by atoms with E-state index in [1.807, 2.05) is 0 Å². The van der Waals surface area contributed by atoms with Crippen LogP contribution in [0.5, 0.6) is 11.5 Å². The largest absolute Gasteiger partial charge is 0.496 e. The molecule has 2 N–H and O–H groups in total. The molecule has 1 amide bonds. The highest BCUT2D eigenvalue weighted by Crippen LogP contribution is 2.36. The van der Waals surface area contributed by atoms with Crippen LogP contribution in [0.1, 0.15) is 70.7 Å². The van der Waals surface area contributed by atoms with E-state index in [9.17, 15) is 27.6 Å². The molecule has 0 saturated heterocycles. The van der Waals surface area contributed by atoms with Gasteiger partial charge in [0.1, 0.15) is 23.9 Å². The maximum atomic E-state index is 13.4. The molecular weight excluding hydrogens is 531 g/mol. The summed E-state index contributed by atoms with van der Waals surface area (Å²) in [5.41, 5.74) is 1.77. The van der Waals surface area contributed by atoms with Crippen LogP contribution in [-0.2, 0) is 28.1 Å². The number of fused-ring (bicyclic) bond motifs is 1. The van der Waals surface area contributed by atoms with Gasteiger partial charge in [-0.05, 0) is 47.7 Å². The van der Waals surface area contributed by atoms with Crippen molar-refractivity contribution in [3.63, 3.8) is 0 Å². The van der Waals surface area contributed by atoms with Gasteiger partial charge in [-0.2, -0.15) is 13.2 Å². The van der Waals surface area contributed by atoms with Crippen LogP contribution >= 0.6 is 0 Å². The molecule has 0 saturated carbocycles. The summed E-state index contributed by atoms with van der Waals surface area (Å²) in [6, 6.07) is 6.20. The molecule has 0 unspecified atom stereocenters. The summed E-state index contributed by atoms with van der Waals surface area (Å²) in [5, 5.41) is 11.2. The number of hydrogen-bond donors (Lipinski definition) is 2. The van der Waals surface area contributed by atoms with E-state index in [1.165, 1.54) is 20.2 Å². The molecule has 0 atom stereocenters. The number of benzene rings is 2. The highest BCUT2D eigenvalue weighted by Gasteiger charge is 2.41. The van der Waals surface area contributed by atoms with Crippen molar-refractivity contribution in [3.05, 3.63) is 57.6 Å². The second kappa shape index (κ2) is 11.6. The number of nitrogens with zero attached hydrogens (tertiary/aromatic N) is 1. The number of nitrogens with one attached hydrogen (secondary N) is 2. The first-order valence-electron chi connectivity index (χ1n) is 12.5. The van der Waals surface area contributed by atoms with Crippen LogP contribution in [-0.4, -0.2) is 61.9 Å². The molecule has 0 fully saturated rings. The molecule has 0 aromatic heterocycles. The summed E-state index contributed by atoms with van der Waals surface area (Å²) in [5.74, 6) is -2.51. The van der Waals surface area contributed by atoms with Gasteiger partial charge in [-0.1, -0.05) is 20.8 Å². The Kier molecular flexibility index (Phi) is 8.81. The Morgan fingerprint density at radius 1 is 1.07 bits per heavy atom. The number of ether oxygens (including phenoxy) is 3. The van der Waals surface area contributed by atoms with E-state index in [1.54, 1.807) is 50.8 Å². The van der Waals surface area contributed by atoms with E-state index in [-0.39, 0.29) is 53.1 Å². The van der Waals surface area contributed by atoms with Gasteiger partial charge in [0.25, 0.3) is 5.91 Å². The van der Waals surface area contributed by atoms with Crippen molar-refractivity contribution in [1.29, 1.82) is 5.41 Å². The maximum absolute atomic E-state index is 13.4. The minimum absolute atomic E-state index is 0.0650. The van der Waals surface area contributed by atoms with Crippen LogP contribution in [0, 0.1) is 5.41 Å². The fourth-order valence-electron chi connectivity index (χ4n) is 4.44. The lowest BCUT2D eigenvalue weighted by Crippen LogP contribution is -2.30. The standard InChI is InChI=1S/C28H32F3N3O6/c1-7-39-23-10-16-12-34(24(32)17(16)11-18(23)25(36)33-5)13-21(35)15-8-20(27(2,3)4)19(22(9-15)38-6)14-40-26(37)28(29,30)31/h8-11,32H,7,12-14H2,1-6H3,(H,33,36). The Hall–Kier alpha value is -4.09. The topological polar surface area (TPSA) is 118 Å². The van der Waals surface area contributed by atoms with E-state index in [0.717, 1.165) is 5.56 Å². The Morgan fingerprint density at radius 3 is 2.30 bits per heavy atom. The molecule has 40 heavy (non-hydrogen) atoms. The summed E-state index contributed by atoms with van der Waals surface area (Å²) in [7, 11) is 2.80. The van der Waals surface area contributed by atoms with Crippen LogP contribution in [0.25, 0.3) is 0 Å². The van der Waals surface area contributed by atoms with Crippen LogP contribution < -0.4 is 14.8 Å². The summed E-state index contributed by atoms with van der Waals surface area (Å²) in [6.07, 6.45) is -5.15. The average Bonchev–Trinajstić information content (AvgIpc) is 3.18. The number of amidine groups is 1. The van der Waals surface area contributed by atoms with Gasteiger partial charge in [0.2, 0.25) is 0 Å². The monoisotopic (exact) mass is 563 g/mol. The van der Waals surface area contributed by atoms with Gasteiger partial charge in [0.05, 0.1) is 25.8 Å². The first-order valence-corrected chi connectivity index (χ1v) is 12.5. The predicted octanol–water partition coefficient (Wildman–Crippen LogP) is 4.38. The Bertz CT molecular complexity index is 1350. The van der Waals surface area contributed by atoms with Gasteiger partial charge in [-0.3, -0.25) is 15.0 Å². The molecule has 0 radical (unpaired) electrons. The van der Waals surface area contributed by atoms with Crippen LogP contribution in [0.4, 0.5) is 13.2 Å². The number of carbonyl (C=O) groups is 3. The normalized spacial score (nSPS) is 13.1. The van der Waals surface area contributed by atoms with Crippen molar-refractivity contribution in [1.82, 2.24) is 10.2 Å². The number of hydrogen-bond acceptors (Lipinski definition) is 7. The number of ketones is 1. The van der Waals surface area contributed by atoms with Crippen molar-refractivity contribution in [3.8, 4) is 11.5 Å². The van der Waals surface area contributed by atoms with Gasteiger partial charge in [-0.25, -0.2) is 4.79 Å². The molecule has 3 rings (SSSR count). The van der Waals surface area contributed by atoms with E-state index in [2.05, 4.69) is 10.1 Å². The van der Waals surface area contributed by atoms with Crippen molar-refractivity contribution in [2.75, 3.05) is 27.3 Å². The smallest absolute Gasteiger partial charge is 0.490 e. The lowest BCUT2D eigenvalue weighted by molar-refractivity contribution is -0.201. The summed E-state index contributed by atoms with van der Waals surface area (Å²) in [6.45, 7) is 6.91. The number of methoxy groups -OCH3 is 1. The van der Waals surface area contributed by atoms with Gasteiger partial charge in [-0.15, -0.1) is 0 Å². The summed E-state index contributed by atoms with van der Waals surface area (Å²) in [4.78, 5) is 38.7. The van der Waals surface area contributed by atoms with Gasteiger partial charge in [0, 0.05) is 30.3 Å². The predicted molar refractivity (Wildman–Crippen MR) is 140 cm³/mol. The molecule has 2 aromatic rings. The van der Waals surface area contributed by atoms with Crippen LogP contribution in [0.2, 0.25) is 0 Å². The minimum atomic E-state index is -5.15. The van der Waals surface area contributed by atoms with E-state index in [0.29, 0.717) is 23.5 Å². The number of carbonyl (C=O) groups excluding carboxylic acids is 3. The molecule has 1 aliphatic rings. The fourth-order valence-corrected chi connectivity index (χ4v) is 4.44. The van der Waals surface area contributed by atoms with Crippen molar-refractivity contribution in [2.45, 2.75) is 52.4 Å². The third-order valence-corrected chi connectivity index (χ3v) is 6.38. The SMILES string of the molecule is CCOc1cc2c(cc1C(=O)NC)C(=N)N(CC(=O)c1cc(OC)c(COC(=O)C(F)(F)F)c(C(C)(C)C)c1)C2. The minimum Gasteiger partial charge on any atom is -0.496 e. The number of Topliss-reactive ketones (excluding diaryl/α,β-unsaturated/α-hetero) is 1. The number of amides is 1. The number of esters is 1. The highest BCUT2D eigenvalue weighted by molar-refractivity contribution is 6.07. The second-order valence-corrected chi connectivity index (χ2v) is 10.2.